The average molecular weight is 417 g/mol. The molecule has 0 fully saturated rings. The third-order valence-electron chi connectivity index (χ3n) is 4.40. The quantitative estimate of drug-likeness (QED) is 0.289. The molecular weight excluding hydrogens is 394 g/mol. The number of carbonyl (C=O) groups excluding carboxylic acids is 1. The standard InChI is InChI=1S/C20H23N3O5S/c1-4-22(5-2)29(27,28)17-10-8-16(9-11-17)20(24)13-7-15-6-12-18(21-3)19(14-15)23(25)26/h6-14,21H,4-5H2,1-3H3. The van der Waals surface area contributed by atoms with E-state index in [0.717, 1.165) is 0 Å². The lowest BCUT2D eigenvalue weighted by molar-refractivity contribution is -0.384. The average Bonchev–Trinajstić information content (AvgIpc) is 2.72. The van der Waals surface area contributed by atoms with Crippen LogP contribution in [0.2, 0.25) is 0 Å². The van der Waals surface area contributed by atoms with E-state index >= 15 is 0 Å². The van der Waals surface area contributed by atoms with E-state index in [0.29, 0.717) is 29.9 Å². The lowest BCUT2D eigenvalue weighted by atomic mass is 10.1. The Morgan fingerprint density at radius 2 is 1.76 bits per heavy atom. The fourth-order valence-electron chi connectivity index (χ4n) is 2.79. The summed E-state index contributed by atoms with van der Waals surface area (Å²) >= 11 is 0. The van der Waals surface area contributed by atoms with Gasteiger partial charge in [0.25, 0.3) is 5.69 Å². The van der Waals surface area contributed by atoms with Gasteiger partial charge in [-0.1, -0.05) is 26.0 Å². The fraction of sp³-hybridized carbons (Fsp3) is 0.250. The van der Waals surface area contributed by atoms with Crippen LogP contribution in [0.1, 0.15) is 29.8 Å². The lowest BCUT2D eigenvalue weighted by Crippen LogP contribution is -2.30. The summed E-state index contributed by atoms with van der Waals surface area (Å²) in [7, 11) is -2.00. The van der Waals surface area contributed by atoms with Gasteiger partial charge < -0.3 is 5.32 Å². The Bertz CT molecular complexity index is 1030. The summed E-state index contributed by atoms with van der Waals surface area (Å²) in [5.41, 5.74) is 1.11. The summed E-state index contributed by atoms with van der Waals surface area (Å²) in [4.78, 5) is 23.1. The van der Waals surface area contributed by atoms with Crippen LogP contribution in [0.15, 0.2) is 53.4 Å². The van der Waals surface area contributed by atoms with Crippen LogP contribution < -0.4 is 5.32 Å². The molecule has 2 rings (SSSR count). The molecule has 29 heavy (non-hydrogen) atoms. The molecule has 0 aliphatic rings. The van der Waals surface area contributed by atoms with E-state index in [-0.39, 0.29) is 16.4 Å². The second-order valence-electron chi connectivity index (χ2n) is 6.09. The molecule has 0 heterocycles. The maximum absolute atomic E-state index is 12.5. The van der Waals surface area contributed by atoms with Crippen molar-refractivity contribution >= 4 is 33.3 Å². The van der Waals surface area contributed by atoms with E-state index in [9.17, 15) is 23.3 Å². The van der Waals surface area contributed by atoms with Crippen molar-refractivity contribution in [3.63, 3.8) is 0 Å². The van der Waals surface area contributed by atoms with E-state index in [1.54, 1.807) is 33.0 Å². The number of hydrogen-bond donors (Lipinski definition) is 1. The molecule has 0 saturated carbocycles. The van der Waals surface area contributed by atoms with E-state index in [2.05, 4.69) is 5.32 Å². The predicted octanol–water partition coefficient (Wildman–Crippen LogP) is 3.56. The summed E-state index contributed by atoms with van der Waals surface area (Å²) in [5.74, 6) is -0.336. The minimum Gasteiger partial charge on any atom is -0.383 e. The van der Waals surface area contributed by atoms with Crippen LogP contribution in [0.25, 0.3) is 6.08 Å². The zero-order valence-electron chi connectivity index (χ0n) is 16.5. The monoisotopic (exact) mass is 417 g/mol. The van der Waals surface area contributed by atoms with Crippen LogP contribution in [-0.4, -0.2) is 43.6 Å². The van der Waals surface area contributed by atoms with Crippen molar-refractivity contribution in [1.82, 2.24) is 4.31 Å². The highest BCUT2D eigenvalue weighted by atomic mass is 32.2. The molecular formula is C20H23N3O5S. The van der Waals surface area contributed by atoms with Crippen molar-refractivity contribution in [2.24, 2.45) is 0 Å². The Morgan fingerprint density at radius 3 is 2.28 bits per heavy atom. The van der Waals surface area contributed by atoms with E-state index in [4.69, 9.17) is 0 Å². The second-order valence-corrected chi connectivity index (χ2v) is 8.03. The van der Waals surface area contributed by atoms with Crippen LogP contribution in [0, 0.1) is 10.1 Å². The first-order valence-electron chi connectivity index (χ1n) is 9.03. The maximum Gasteiger partial charge on any atom is 0.292 e. The molecule has 0 spiro atoms. The first-order valence-corrected chi connectivity index (χ1v) is 10.5. The predicted molar refractivity (Wildman–Crippen MR) is 113 cm³/mol. The summed E-state index contributed by atoms with van der Waals surface area (Å²) < 4.78 is 26.3. The molecule has 154 valence electrons. The highest BCUT2D eigenvalue weighted by Crippen LogP contribution is 2.25. The highest BCUT2D eigenvalue weighted by molar-refractivity contribution is 7.89. The molecule has 0 amide bonds. The molecule has 0 aromatic heterocycles. The van der Waals surface area contributed by atoms with E-state index in [1.807, 2.05) is 0 Å². The minimum absolute atomic E-state index is 0.0898. The third-order valence-corrected chi connectivity index (χ3v) is 6.46. The van der Waals surface area contributed by atoms with Gasteiger partial charge in [-0.3, -0.25) is 14.9 Å². The Hall–Kier alpha value is -3.04. The first kappa shape index (κ1) is 22.3. The molecule has 9 heteroatoms. The molecule has 1 N–H and O–H groups in total. The van der Waals surface area contributed by atoms with E-state index in [1.165, 1.54) is 46.8 Å². The molecule has 0 bridgehead atoms. The number of nitrogens with zero attached hydrogens (tertiary/aromatic N) is 2. The van der Waals surface area contributed by atoms with Crippen molar-refractivity contribution in [2.75, 3.05) is 25.5 Å². The second kappa shape index (κ2) is 9.44. The largest absolute Gasteiger partial charge is 0.383 e. The van der Waals surface area contributed by atoms with Gasteiger partial charge in [0.15, 0.2) is 5.78 Å². The Balaban J connectivity index is 2.22. The number of rotatable bonds is 9. The normalized spacial score (nSPS) is 11.7. The SMILES string of the molecule is CCN(CC)S(=O)(=O)c1ccc(C(=O)C=Cc2ccc(NC)c([N+](=O)[O-])c2)cc1. The number of allylic oxidation sites excluding steroid dienone is 1. The molecule has 0 aliphatic carbocycles. The number of hydrogen-bond acceptors (Lipinski definition) is 6. The van der Waals surface area contributed by atoms with Gasteiger partial charge in [0.1, 0.15) is 5.69 Å². The molecule has 0 unspecified atom stereocenters. The minimum atomic E-state index is -3.58. The number of nitro groups is 1. The summed E-state index contributed by atoms with van der Waals surface area (Å²) in [6, 6.07) is 10.3. The van der Waals surface area contributed by atoms with Gasteiger partial charge in [0.05, 0.1) is 9.82 Å². The summed E-state index contributed by atoms with van der Waals surface area (Å²) in [5, 5.41) is 13.9. The van der Waals surface area contributed by atoms with Crippen LogP contribution in [0.4, 0.5) is 11.4 Å². The molecule has 0 atom stereocenters. The number of ketones is 1. The summed E-state index contributed by atoms with van der Waals surface area (Å²) in [6.07, 6.45) is 2.78. The van der Waals surface area contributed by atoms with Crippen LogP contribution in [0.5, 0.6) is 0 Å². The number of sulfonamides is 1. The van der Waals surface area contributed by atoms with Crippen molar-refractivity contribution < 1.29 is 18.1 Å². The Kier molecular flexibility index (Phi) is 7.24. The summed E-state index contributed by atoms with van der Waals surface area (Å²) in [6.45, 7) is 4.25. The van der Waals surface area contributed by atoms with Crippen molar-refractivity contribution in [3.8, 4) is 0 Å². The van der Waals surface area contributed by atoms with Gasteiger partial charge in [-0.05, 0) is 42.0 Å². The Labute approximate surface area is 170 Å². The van der Waals surface area contributed by atoms with Gasteiger partial charge in [-0.15, -0.1) is 0 Å². The number of benzene rings is 2. The van der Waals surface area contributed by atoms with Crippen LogP contribution in [0.3, 0.4) is 0 Å². The smallest absolute Gasteiger partial charge is 0.292 e. The molecule has 2 aromatic carbocycles. The Morgan fingerprint density at radius 1 is 1.14 bits per heavy atom. The topological polar surface area (TPSA) is 110 Å². The highest BCUT2D eigenvalue weighted by Gasteiger charge is 2.21. The van der Waals surface area contributed by atoms with Gasteiger partial charge >= 0.3 is 0 Å². The molecule has 0 aliphatic heterocycles. The molecule has 0 radical (unpaired) electrons. The number of carbonyl (C=O) groups is 1. The van der Waals surface area contributed by atoms with Gasteiger partial charge in [0, 0.05) is 31.8 Å². The van der Waals surface area contributed by atoms with Crippen LogP contribution in [-0.2, 0) is 10.0 Å². The van der Waals surface area contributed by atoms with Crippen molar-refractivity contribution in [3.05, 3.63) is 69.8 Å². The van der Waals surface area contributed by atoms with Crippen molar-refractivity contribution in [2.45, 2.75) is 18.7 Å². The molecule has 0 saturated heterocycles. The van der Waals surface area contributed by atoms with Gasteiger partial charge in [-0.2, -0.15) is 4.31 Å². The number of nitro benzene ring substituents is 1. The van der Waals surface area contributed by atoms with Crippen LogP contribution >= 0.6 is 0 Å². The van der Waals surface area contributed by atoms with Gasteiger partial charge in [-0.25, -0.2) is 8.42 Å². The molecule has 2 aromatic rings. The first-order chi connectivity index (χ1) is 13.7. The molecule has 8 nitrogen and oxygen atoms in total. The fourth-order valence-corrected chi connectivity index (χ4v) is 4.24. The lowest BCUT2D eigenvalue weighted by Gasteiger charge is -2.18. The number of nitrogens with one attached hydrogen (secondary N) is 1. The zero-order chi connectivity index (χ0) is 21.6. The third kappa shape index (κ3) is 5.07. The number of anilines is 1. The zero-order valence-corrected chi connectivity index (χ0v) is 17.3. The van der Waals surface area contributed by atoms with Crippen molar-refractivity contribution in [1.29, 1.82) is 0 Å². The van der Waals surface area contributed by atoms with Gasteiger partial charge in [0.2, 0.25) is 10.0 Å². The maximum atomic E-state index is 12.5. The van der Waals surface area contributed by atoms with E-state index < -0.39 is 14.9 Å².